The number of fused-ring (bicyclic) bond motifs is 2. The maximum absolute atomic E-state index is 12.3. The Labute approximate surface area is 146 Å². The van der Waals surface area contributed by atoms with E-state index >= 15 is 0 Å². The van der Waals surface area contributed by atoms with Crippen LogP contribution in [-0.4, -0.2) is 22.5 Å². The highest BCUT2D eigenvalue weighted by Gasteiger charge is 2.16. The second kappa shape index (κ2) is 6.89. The van der Waals surface area contributed by atoms with Gasteiger partial charge in [-0.05, 0) is 56.0 Å². The predicted octanol–water partition coefficient (Wildman–Crippen LogP) is 3.53. The quantitative estimate of drug-likeness (QED) is 0.793. The summed E-state index contributed by atoms with van der Waals surface area (Å²) in [6.45, 7) is -0.0207. The van der Waals surface area contributed by atoms with Gasteiger partial charge in [0.1, 0.15) is 5.75 Å². The standard InChI is InChI=1S/C20H19N3O2/c24-20(23-18-9-3-8-16-14(18)6-4-11-21-16)13-25-19-10-12-22-17-7-2-1-5-15(17)19/h3-4,6,8-12H,1-2,5,7,13H2,(H,23,24). The smallest absolute Gasteiger partial charge is 0.262 e. The maximum Gasteiger partial charge on any atom is 0.262 e. The second-order valence-electron chi connectivity index (χ2n) is 6.15. The number of benzene rings is 1. The van der Waals surface area contributed by atoms with Crippen molar-refractivity contribution >= 4 is 22.5 Å². The molecule has 0 aliphatic heterocycles. The molecule has 3 aromatic rings. The average molecular weight is 333 g/mol. The summed E-state index contributed by atoms with van der Waals surface area (Å²) in [7, 11) is 0. The third-order valence-electron chi connectivity index (χ3n) is 4.47. The monoisotopic (exact) mass is 333 g/mol. The highest BCUT2D eigenvalue weighted by molar-refractivity contribution is 6.01. The molecule has 1 N–H and O–H groups in total. The van der Waals surface area contributed by atoms with E-state index in [1.54, 1.807) is 12.4 Å². The van der Waals surface area contributed by atoms with Gasteiger partial charge in [0.2, 0.25) is 0 Å². The first-order chi connectivity index (χ1) is 12.3. The van der Waals surface area contributed by atoms with Crippen LogP contribution in [-0.2, 0) is 17.6 Å². The van der Waals surface area contributed by atoms with Crippen LogP contribution >= 0.6 is 0 Å². The first-order valence-electron chi connectivity index (χ1n) is 8.54. The van der Waals surface area contributed by atoms with E-state index in [1.165, 1.54) is 6.42 Å². The fraction of sp³-hybridized carbons (Fsp3) is 0.250. The number of ether oxygens (including phenoxy) is 1. The second-order valence-corrected chi connectivity index (χ2v) is 6.15. The van der Waals surface area contributed by atoms with Crippen molar-refractivity contribution in [2.24, 2.45) is 0 Å². The van der Waals surface area contributed by atoms with E-state index in [9.17, 15) is 4.79 Å². The van der Waals surface area contributed by atoms with Gasteiger partial charge in [-0.25, -0.2) is 0 Å². The van der Waals surface area contributed by atoms with E-state index in [-0.39, 0.29) is 12.5 Å². The summed E-state index contributed by atoms with van der Waals surface area (Å²) in [6.07, 6.45) is 7.76. The van der Waals surface area contributed by atoms with E-state index in [2.05, 4.69) is 15.3 Å². The lowest BCUT2D eigenvalue weighted by Crippen LogP contribution is -2.21. The summed E-state index contributed by atoms with van der Waals surface area (Å²) in [5.41, 5.74) is 3.85. The van der Waals surface area contributed by atoms with Crippen LogP contribution in [0, 0.1) is 0 Å². The molecule has 25 heavy (non-hydrogen) atoms. The van der Waals surface area contributed by atoms with Gasteiger partial charge in [-0.2, -0.15) is 0 Å². The zero-order chi connectivity index (χ0) is 17.1. The molecule has 0 spiro atoms. The molecular weight excluding hydrogens is 314 g/mol. The molecule has 0 saturated heterocycles. The van der Waals surface area contributed by atoms with Crippen molar-refractivity contribution in [3.8, 4) is 5.75 Å². The van der Waals surface area contributed by atoms with Gasteiger partial charge in [-0.3, -0.25) is 14.8 Å². The predicted molar refractivity (Wildman–Crippen MR) is 96.7 cm³/mol. The Bertz CT molecular complexity index is 918. The number of anilines is 1. The fourth-order valence-corrected chi connectivity index (χ4v) is 3.27. The number of carbonyl (C=O) groups is 1. The van der Waals surface area contributed by atoms with Gasteiger partial charge in [0.15, 0.2) is 6.61 Å². The zero-order valence-corrected chi connectivity index (χ0v) is 13.9. The van der Waals surface area contributed by atoms with Crippen molar-refractivity contribution in [2.45, 2.75) is 25.7 Å². The van der Waals surface area contributed by atoms with E-state index in [0.717, 1.165) is 52.9 Å². The number of hydrogen-bond acceptors (Lipinski definition) is 4. The molecule has 0 saturated carbocycles. The minimum absolute atomic E-state index is 0.0207. The summed E-state index contributed by atoms with van der Waals surface area (Å²) in [4.78, 5) is 21.0. The Kier molecular flexibility index (Phi) is 4.29. The van der Waals surface area contributed by atoms with Crippen LogP contribution < -0.4 is 10.1 Å². The summed E-state index contributed by atoms with van der Waals surface area (Å²) in [5, 5.41) is 3.83. The summed E-state index contributed by atoms with van der Waals surface area (Å²) >= 11 is 0. The van der Waals surface area contributed by atoms with Crippen LogP contribution in [0.1, 0.15) is 24.1 Å². The van der Waals surface area contributed by atoms with Crippen LogP contribution in [0.2, 0.25) is 0 Å². The van der Waals surface area contributed by atoms with Crippen molar-refractivity contribution in [1.29, 1.82) is 0 Å². The zero-order valence-electron chi connectivity index (χ0n) is 13.9. The Morgan fingerprint density at radius 3 is 2.92 bits per heavy atom. The van der Waals surface area contributed by atoms with E-state index in [1.807, 2.05) is 36.4 Å². The van der Waals surface area contributed by atoms with Gasteiger partial charge < -0.3 is 10.1 Å². The van der Waals surface area contributed by atoms with Crippen molar-refractivity contribution in [2.75, 3.05) is 11.9 Å². The number of pyridine rings is 2. The minimum atomic E-state index is -0.183. The lowest BCUT2D eigenvalue weighted by molar-refractivity contribution is -0.118. The Morgan fingerprint density at radius 2 is 1.96 bits per heavy atom. The molecule has 1 aliphatic carbocycles. The Balaban J connectivity index is 1.46. The number of nitrogens with zero attached hydrogens (tertiary/aromatic N) is 2. The van der Waals surface area contributed by atoms with Gasteiger partial charge in [-0.15, -0.1) is 0 Å². The molecule has 5 nitrogen and oxygen atoms in total. The van der Waals surface area contributed by atoms with Gasteiger partial charge >= 0.3 is 0 Å². The van der Waals surface area contributed by atoms with E-state index < -0.39 is 0 Å². The molecule has 126 valence electrons. The lowest BCUT2D eigenvalue weighted by Gasteiger charge is -2.18. The largest absolute Gasteiger partial charge is 0.483 e. The molecule has 1 aliphatic rings. The Hall–Kier alpha value is -2.95. The molecule has 0 bridgehead atoms. The highest BCUT2D eigenvalue weighted by atomic mass is 16.5. The number of aryl methyl sites for hydroxylation is 1. The van der Waals surface area contributed by atoms with Crippen molar-refractivity contribution in [3.63, 3.8) is 0 Å². The number of hydrogen-bond donors (Lipinski definition) is 1. The van der Waals surface area contributed by atoms with Gasteiger partial charge in [-0.1, -0.05) is 6.07 Å². The van der Waals surface area contributed by atoms with E-state index in [4.69, 9.17) is 4.74 Å². The number of rotatable bonds is 4. The number of aromatic nitrogens is 2. The number of carbonyl (C=O) groups excluding carboxylic acids is 1. The van der Waals surface area contributed by atoms with Gasteiger partial charge in [0.25, 0.3) is 5.91 Å². The molecule has 1 aromatic carbocycles. The normalized spacial score (nSPS) is 13.3. The Morgan fingerprint density at radius 1 is 1.04 bits per heavy atom. The highest BCUT2D eigenvalue weighted by Crippen LogP contribution is 2.28. The van der Waals surface area contributed by atoms with Crippen LogP contribution in [0.25, 0.3) is 10.9 Å². The van der Waals surface area contributed by atoms with Gasteiger partial charge in [0.05, 0.1) is 11.2 Å². The number of amides is 1. The first kappa shape index (κ1) is 15.6. The molecule has 2 heterocycles. The molecule has 0 radical (unpaired) electrons. The molecule has 0 fully saturated rings. The SMILES string of the molecule is O=C(COc1ccnc2c1CCCC2)Nc1cccc2ncccc12. The topological polar surface area (TPSA) is 64.1 Å². The number of nitrogens with one attached hydrogen (secondary N) is 1. The van der Waals surface area contributed by atoms with Crippen LogP contribution in [0.3, 0.4) is 0 Å². The summed E-state index contributed by atoms with van der Waals surface area (Å²) in [6, 6.07) is 11.3. The minimum Gasteiger partial charge on any atom is -0.483 e. The van der Waals surface area contributed by atoms with Crippen molar-refractivity contribution < 1.29 is 9.53 Å². The first-order valence-corrected chi connectivity index (χ1v) is 8.54. The lowest BCUT2D eigenvalue weighted by atomic mass is 9.95. The third kappa shape index (κ3) is 3.31. The summed E-state index contributed by atoms with van der Waals surface area (Å²) in [5.74, 6) is 0.595. The van der Waals surface area contributed by atoms with Crippen molar-refractivity contribution in [3.05, 3.63) is 60.0 Å². The van der Waals surface area contributed by atoms with Crippen LogP contribution in [0.15, 0.2) is 48.8 Å². The molecule has 0 unspecified atom stereocenters. The molecule has 5 heteroatoms. The maximum atomic E-state index is 12.3. The molecule has 0 atom stereocenters. The molecular formula is C20H19N3O2. The van der Waals surface area contributed by atoms with Crippen LogP contribution in [0.5, 0.6) is 5.75 Å². The molecule has 2 aromatic heterocycles. The summed E-state index contributed by atoms with van der Waals surface area (Å²) < 4.78 is 5.78. The average Bonchev–Trinajstić information content (AvgIpc) is 2.66. The fourth-order valence-electron chi connectivity index (χ4n) is 3.27. The third-order valence-corrected chi connectivity index (χ3v) is 4.47. The molecule has 1 amide bonds. The van der Waals surface area contributed by atoms with E-state index in [0.29, 0.717) is 0 Å². The van der Waals surface area contributed by atoms with Crippen LogP contribution in [0.4, 0.5) is 5.69 Å². The van der Waals surface area contributed by atoms with Gasteiger partial charge in [0, 0.05) is 29.0 Å². The molecule has 4 rings (SSSR count). The van der Waals surface area contributed by atoms with Crippen molar-refractivity contribution in [1.82, 2.24) is 9.97 Å².